The summed E-state index contributed by atoms with van der Waals surface area (Å²) in [5.41, 5.74) is 1.51. The first-order valence-electron chi connectivity index (χ1n) is 8.87. The fraction of sp³-hybridized carbons (Fsp3) is 0.200. The molecule has 0 saturated heterocycles. The molecule has 0 aromatic heterocycles. The molecular formula is C20H16ClFN4O2S. The quantitative estimate of drug-likeness (QED) is 0.791. The van der Waals surface area contributed by atoms with E-state index >= 15 is 0 Å². The van der Waals surface area contributed by atoms with Gasteiger partial charge in [0.05, 0.1) is 16.6 Å². The van der Waals surface area contributed by atoms with Crippen LogP contribution in [0.4, 0.5) is 15.8 Å². The molecule has 2 amide bonds. The maximum atomic E-state index is 14.0. The van der Waals surface area contributed by atoms with Crippen LogP contribution in [0, 0.1) is 5.82 Å². The maximum absolute atomic E-state index is 14.0. The van der Waals surface area contributed by atoms with Gasteiger partial charge in [-0.25, -0.2) is 9.38 Å². The number of nitrogens with one attached hydrogen (secondary N) is 1. The molecule has 2 aromatic rings. The average Bonchev–Trinajstić information content (AvgIpc) is 2.99. The fourth-order valence-electron chi connectivity index (χ4n) is 3.03. The molecule has 2 heterocycles. The van der Waals surface area contributed by atoms with Crippen LogP contribution in [0.1, 0.15) is 19.4 Å². The first kappa shape index (κ1) is 19.6. The molecule has 6 nitrogen and oxygen atoms in total. The van der Waals surface area contributed by atoms with Gasteiger partial charge in [-0.05, 0) is 44.2 Å². The van der Waals surface area contributed by atoms with Gasteiger partial charge in [-0.15, -0.1) is 0 Å². The van der Waals surface area contributed by atoms with E-state index in [1.165, 1.54) is 23.9 Å². The molecular weight excluding hydrogens is 415 g/mol. The third kappa shape index (κ3) is 3.65. The predicted molar refractivity (Wildman–Crippen MR) is 113 cm³/mol. The second-order valence-electron chi connectivity index (χ2n) is 6.60. The topological polar surface area (TPSA) is 74.1 Å². The van der Waals surface area contributed by atoms with Crippen molar-refractivity contribution in [2.24, 2.45) is 9.98 Å². The van der Waals surface area contributed by atoms with E-state index in [0.717, 1.165) is 11.6 Å². The van der Waals surface area contributed by atoms with Gasteiger partial charge in [-0.1, -0.05) is 35.5 Å². The van der Waals surface area contributed by atoms with Gasteiger partial charge in [0, 0.05) is 10.6 Å². The van der Waals surface area contributed by atoms with Gasteiger partial charge >= 0.3 is 0 Å². The first-order valence-corrected chi connectivity index (χ1v) is 10.1. The lowest BCUT2D eigenvalue weighted by Gasteiger charge is -2.30. The summed E-state index contributed by atoms with van der Waals surface area (Å²) in [5, 5.41) is 2.71. The van der Waals surface area contributed by atoms with E-state index in [4.69, 9.17) is 11.6 Å². The molecule has 0 fully saturated rings. The van der Waals surface area contributed by atoms with Crippen LogP contribution in [0.15, 0.2) is 52.4 Å². The summed E-state index contributed by atoms with van der Waals surface area (Å²) in [6.07, 6.45) is 0. The predicted octanol–water partition coefficient (Wildman–Crippen LogP) is 4.22. The van der Waals surface area contributed by atoms with Crippen LogP contribution in [0.2, 0.25) is 5.02 Å². The zero-order valence-corrected chi connectivity index (χ0v) is 17.1. The number of amidine groups is 2. The number of halogens is 2. The summed E-state index contributed by atoms with van der Waals surface area (Å²) < 4.78 is 14.0. The lowest BCUT2D eigenvalue weighted by atomic mass is 10.1. The van der Waals surface area contributed by atoms with E-state index in [1.54, 1.807) is 18.7 Å². The number of hydrogen-bond donors (Lipinski definition) is 1. The Kier molecular flexibility index (Phi) is 5.14. The highest BCUT2D eigenvalue weighted by Crippen LogP contribution is 2.35. The normalized spacial score (nSPS) is 18.6. The summed E-state index contributed by atoms with van der Waals surface area (Å²) in [4.78, 5) is 35.3. The van der Waals surface area contributed by atoms with Gasteiger partial charge < -0.3 is 5.32 Å². The largest absolute Gasteiger partial charge is 0.323 e. The number of carbonyl (C=O) groups is 2. The number of amides is 2. The Morgan fingerprint density at radius 2 is 2.03 bits per heavy atom. The summed E-state index contributed by atoms with van der Waals surface area (Å²) in [7, 11) is 0. The molecule has 2 aromatic carbocycles. The van der Waals surface area contributed by atoms with Crippen LogP contribution >= 0.6 is 23.4 Å². The van der Waals surface area contributed by atoms with Gasteiger partial charge in [-0.3, -0.25) is 14.5 Å². The Bertz CT molecular complexity index is 1090. The maximum Gasteiger partial charge on any atom is 0.270 e. The van der Waals surface area contributed by atoms with Crippen molar-refractivity contribution in [2.75, 3.05) is 5.32 Å². The Morgan fingerprint density at radius 3 is 2.79 bits per heavy atom. The molecule has 4 rings (SSSR count). The number of hydrogen-bond acceptors (Lipinski definition) is 5. The van der Waals surface area contributed by atoms with E-state index < -0.39 is 23.0 Å². The van der Waals surface area contributed by atoms with Crippen LogP contribution in [0.5, 0.6) is 0 Å². The zero-order chi connectivity index (χ0) is 20.7. The van der Waals surface area contributed by atoms with E-state index in [2.05, 4.69) is 15.3 Å². The van der Waals surface area contributed by atoms with Crippen molar-refractivity contribution in [2.45, 2.75) is 25.1 Å². The second-order valence-corrected chi connectivity index (χ2v) is 8.35. The molecule has 148 valence electrons. The number of nitrogens with zero attached hydrogens (tertiary/aromatic N) is 3. The molecule has 0 bridgehead atoms. The van der Waals surface area contributed by atoms with Crippen molar-refractivity contribution >= 4 is 57.6 Å². The smallest absolute Gasteiger partial charge is 0.270 e. The fourth-order valence-corrected chi connectivity index (χ4v) is 4.18. The van der Waals surface area contributed by atoms with Gasteiger partial charge in [0.1, 0.15) is 17.7 Å². The molecule has 2 atom stereocenters. The standard InChI is InChI=1S/C20H16ClFN4O2S/c1-10-18(27)25-17-13-5-3-4-6-15(13)24-20(26(10)17)29-11(2)19(28)23-16-8-7-12(21)9-14(16)22/h3-11H,1-2H3,(H,23,28). The van der Waals surface area contributed by atoms with Crippen LogP contribution in [0.3, 0.4) is 0 Å². The first-order chi connectivity index (χ1) is 13.8. The minimum atomic E-state index is -0.611. The van der Waals surface area contributed by atoms with Gasteiger partial charge in [0.2, 0.25) is 5.91 Å². The number of benzene rings is 2. The van der Waals surface area contributed by atoms with Gasteiger partial charge in [-0.2, -0.15) is 4.99 Å². The molecule has 29 heavy (non-hydrogen) atoms. The minimum Gasteiger partial charge on any atom is -0.323 e. The van der Waals surface area contributed by atoms with Crippen LogP contribution in [0.25, 0.3) is 0 Å². The number of anilines is 1. The molecule has 2 unspecified atom stereocenters. The highest BCUT2D eigenvalue weighted by molar-refractivity contribution is 8.14. The van der Waals surface area contributed by atoms with Crippen molar-refractivity contribution in [3.63, 3.8) is 0 Å². The molecule has 0 aliphatic carbocycles. The lowest BCUT2D eigenvalue weighted by molar-refractivity contribution is -0.119. The molecule has 0 radical (unpaired) electrons. The monoisotopic (exact) mass is 430 g/mol. The summed E-state index contributed by atoms with van der Waals surface area (Å²) >= 11 is 6.93. The number of aliphatic imine (C=N–C) groups is 2. The van der Waals surface area contributed by atoms with Crippen LogP contribution in [-0.2, 0) is 9.59 Å². The van der Waals surface area contributed by atoms with Crippen molar-refractivity contribution in [3.05, 3.63) is 58.9 Å². The third-order valence-corrected chi connectivity index (χ3v) is 5.90. The molecule has 0 saturated carbocycles. The Balaban J connectivity index is 1.58. The summed E-state index contributed by atoms with van der Waals surface area (Å²) in [6.45, 7) is 3.44. The van der Waals surface area contributed by atoms with Crippen molar-refractivity contribution in [1.29, 1.82) is 0 Å². The molecule has 9 heteroatoms. The van der Waals surface area contributed by atoms with Crippen LogP contribution < -0.4 is 5.32 Å². The Hall–Kier alpha value is -2.71. The number of carbonyl (C=O) groups excluding carboxylic acids is 2. The molecule has 0 spiro atoms. The van der Waals surface area contributed by atoms with Gasteiger partial charge in [0.25, 0.3) is 5.91 Å². The highest BCUT2D eigenvalue weighted by atomic mass is 35.5. The Labute approximate surface area is 175 Å². The van der Waals surface area contributed by atoms with E-state index in [-0.39, 0.29) is 16.6 Å². The number of para-hydroxylation sites is 1. The van der Waals surface area contributed by atoms with Crippen molar-refractivity contribution in [1.82, 2.24) is 4.90 Å². The summed E-state index contributed by atoms with van der Waals surface area (Å²) in [5.74, 6) is -0.730. The average molecular weight is 431 g/mol. The van der Waals surface area contributed by atoms with E-state index in [1.807, 2.05) is 24.3 Å². The van der Waals surface area contributed by atoms with Crippen LogP contribution in [-0.4, -0.2) is 39.0 Å². The number of fused-ring (bicyclic) bond motifs is 3. The van der Waals surface area contributed by atoms with E-state index in [0.29, 0.717) is 16.7 Å². The molecule has 2 aliphatic heterocycles. The number of rotatable bonds is 3. The van der Waals surface area contributed by atoms with Gasteiger partial charge in [0.15, 0.2) is 5.17 Å². The SMILES string of the molecule is CC(SC1=Nc2ccccc2C2=NC(=O)C(C)N12)C(=O)Nc1ccc(Cl)cc1F. The Morgan fingerprint density at radius 1 is 1.28 bits per heavy atom. The zero-order valence-electron chi connectivity index (χ0n) is 15.5. The molecule has 1 N–H and O–H groups in total. The second kappa shape index (κ2) is 7.61. The van der Waals surface area contributed by atoms with E-state index in [9.17, 15) is 14.0 Å². The van der Waals surface area contributed by atoms with Crippen molar-refractivity contribution < 1.29 is 14.0 Å². The third-order valence-electron chi connectivity index (χ3n) is 4.60. The highest BCUT2D eigenvalue weighted by Gasteiger charge is 2.40. The molecule has 2 aliphatic rings. The number of thioether (sulfide) groups is 1. The van der Waals surface area contributed by atoms with Crippen molar-refractivity contribution in [3.8, 4) is 0 Å². The summed E-state index contributed by atoms with van der Waals surface area (Å²) in [6, 6.07) is 10.9. The lowest BCUT2D eigenvalue weighted by Crippen LogP contribution is -2.43. The minimum absolute atomic E-state index is 0.0507.